The summed E-state index contributed by atoms with van der Waals surface area (Å²) in [5.74, 6) is 0.665. The van der Waals surface area contributed by atoms with Crippen molar-refractivity contribution in [2.24, 2.45) is 5.92 Å². The molecule has 128 valence electrons. The first-order chi connectivity index (χ1) is 11.5. The summed E-state index contributed by atoms with van der Waals surface area (Å²) in [6.07, 6.45) is 1.35. The standard InChI is InChI=1S/C19H22O5/c1-5-7-12-8-15(20)24-19-16(12)13(22-6-2)9-14-17(19)18(21)10(3)11(4)23-14/h8-11H,5-7H2,1-4H3. The van der Waals surface area contributed by atoms with Crippen LogP contribution in [0, 0.1) is 5.92 Å². The summed E-state index contributed by atoms with van der Waals surface area (Å²) < 4.78 is 17.1. The van der Waals surface area contributed by atoms with E-state index in [1.807, 2.05) is 27.7 Å². The van der Waals surface area contributed by atoms with E-state index in [0.29, 0.717) is 35.5 Å². The van der Waals surface area contributed by atoms with E-state index in [2.05, 4.69) is 0 Å². The number of hydrogen-bond donors (Lipinski definition) is 0. The summed E-state index contributed by atoms with van der Waals surface area (Å²) in [4.78, 5) is 24.8. The van der Waals surface area contributed by atoms with Crippen LogP contribution in [0.4, 0.5) is 0 Å². The number of fused-ring (bicyclic) bond motifs is 3. The zero-order chi connectivity index (χ0) is 17.4. The largest absolute Gasteiger partial charge is 0.493 e. The SMILES string of the molecule is CCCc1cc(=O)oc2c3c(cc(OCC)c12)OC(C)C(C)C3=O. The molecular weight excluding hydrogens is 308 g/mol. The lowest BCUT2D eigenvalue weighted by molar-refractivity contribution is 0.0731. The van der Waals surface area contributed by atoms with E-state index in [-0.39, 0.29) is 23.4 Å². The Hall–Kier alpha value is -2.30. The Balaban J connectivity index is 2.40. The van der Waals surface area contributed by atoms with Gasteiger partial charge in [0.15, 0.2) is 11.4 Å². The molecule has 1 aliphatic heterocycles. The van der Waals surface area contributed by atoms with E-state index in [1.165, 1.54) is 6.07 Å². The third-order valence-electron chi connectivity index (χ3n) is 4.52. The first-order valence-electron chi connectivity index (χ1n) is 8.45. The minimum Gasteiger partial charge on any atom is -0.493 e. The number of ketones is 1. The van der Waals surface area contributed by atoms with Gasteiger partial charge in [-0.1, -0.05) is 20.3 Å². The molecule has 1 aromatic carbocycles. The third-order valence-corrected chi connectivity index (χ3v) is 4.52. The summed E-state index contributed by atoms with van der Waals surface area (Å²) in [7, 11) is 0. The molecule has 24 heavy (non-hydrogen) atoms. The maximum atomic E-state index is 12.8. The zero-order valence-electron chi connectivity index (χ0n) is 14.5. The summed E-state index contributed by atoms with van der Waals surface area (Å²) in [5, 5.41) is 0.704. The van der Waals surface area contributed by atoms with E-state index in [4.69, 9.17) is 13.9 Å². The lowest BCUT2D eigenvalue weighted by atomic mass is 9.89. The van der Waals surface area contributed by atoms with Crippen LogP contribution in [0.2, 0.25) is 0 Å². The Labute approximate surface area is 140 Å². The highest BCUT2D eigenvalue weighted by Gasteiger charge is 2.35. The molecule has 1 aromatic heterocycles. The summed E-state index contributed by atoms with van der Waals surface area (Å²) in [5.41, 5.74) is 1.03. The molecule has 2 atom stereocenters. The number of rotatable bonds is 4. The molecule has 2 unspecified atom stereocenters. The lowest BCUT2D eigenvalue weighted by Crippen LogP contribution is -2.33. The van der Waals surface area contributed by atoms with E-state index in [9.17, 15) is 9.59 Å². The number of aryl methyl sites for hydroxylation is 1. The van der Waals surface area contributed by atoms with Crippen molar-refractivity contribution in [1.29, 1.82) is 0 Å². The molecule has 0 amide bonds. The van der Waals surface area contributed by atoms with Gasteiger partial charge in [0.2, 0.25) is 0 Å². The van der Waals surface area contributed by atoms with Crippen LogP contribution >= 0.6 is 0 Å². The average Bonchev–Trinajstić information content (AvgIpc) is 2.52. The van der Waals surface area contributed by atoms with Crippen molar-refractivity contribution >= 4 is 16.8 Å². The third kappa shape index (κ3) is 2.58. The van der Waals surface area contributed by atoms with Crippen molar-refractivity contribution in [3.05, 3.63) is 33.7 Å². The monoisotopic (exact) mass is 330 g/mol. The van der Waals surface area contributed by atoms with Crippen LogP contribution in [0.5, 0.6) is 11.5 Å². The molecule has 2 heterocycles. The molecule has 2 aromatic rings. The summed E-state index contributed by atoms with van der Waals surface area (Å²) >= 11 is 0. The fourth-order valence-corrected chi connectivity index (χ4v) is 3.17. The van der Waals surface area contributed by atoms with Crippen LogP contribution in [0.25, 0.3) is 11.0 Å². The Morgan fingerprint density at radius 3 is 2.58 bits per heavy atom. The molecule has 0 radical (unpaired) electrons. The Morgan fingerprint density at radius 2 is 1.92 bits per heavy atom. The van der Waals surface area contributed by atoms with Crippen LogP contribution < -0.4 is 15.1 Å². The van der Waals surface area contributed by atoms with Crippen molar-refractivity contribution < 1.29 is 18.7 Å². The predicted molar refractivity (Wildman–Crippen MR) is 91.2 cm³/mol. The fourth-order valence-electron chi connectivity index (χ4n) is 3.17. The second kappa shape index (κ2) is 6.30. The van der Waals surface area contributed by atoms with Gasteiger partial charge < -0.3 is 13.9 Å². The molecule has 3 rings (SSSR count). The number of carbonyl (C=O) groups is 1. The highest BCUT2D eigenvalue weighted by Crippen LogP contribution is 2.42. The van der Waals surface area contributed by atoms with E-state index < -0.39 is 5.63 Å². The number of benzene rings is 1. The molecular formula is C19H22O5. The van der Waals surface area contributed by atoms with E-state index >= 15 is 0 Å². The van der Waals surface area contributed by atoms with Crippen LogP contribution in [-0.4, -0.2) is 18.5 Å². The molecule has 5 heteroatoms. The average molecular weight is 330 g/mol. The fraction of sp³-hybridized carbons (Fsp3) is 0.474. The van der Waals surface area contributed by atoms with Gasteiger partial charge in [0.25, 0.3) is 0 Å². The van der Waals surface area contributed by atoms with Crippen LogP contribution in [0.15, 0.2) is 21.3 Å². The van der Waals surface area contributed by atoms with Crippen molar-refractivity contribution in [3.63, 3.8) is 0 Å². The topological polar surface area (TPSA) is 65.7 Å². The van der Waals surface area contributed by atoms with Gasteiger partial charge >= 0.3 is 5.63 Å². The van der Waals surface area contributed by atoms with Crippen molar-refractivity contribution in [2.45, 2.75) is 46.6 Å². The molecule has 0 spiro atoms. The molecule has 5 nitrogen and oxygen atoms in total. The second-order valence-corrected chi connectivity index (χ2v) is 6.20. The van der Waals surface area contributed by atoms with Crippen LogP contribution in [-0.2, 0) is 6.42 Å². The van der Waals surface area contributed by atoms with E-state index in [0.717, 1.165) is 12.0 Å². The van der Waals surface area contributed by atoms with Gasteiger partial charge in [-0.2, -0.15) is 0 Å². The summed E-state index contributed by atoms with van der Waals surface area (Å²) in [6.45, 7) is 8.09. The number of Topliss-reactive ketones (excluding diaryl/α,β-unsaturated/α-hetero) is 1. The highest BCUT2D eigenvalue weighted by atomic mass is 16.5. The Kier molecular flexibility index (Phi) is 4.35. The van der Waals surface area contributed by atoms with Gasteiger partial charge in [0.05, 0.1) is 17.9 Å². The van der Waals surface area contributed by atoms with Crippen molar-refractivity contribution in [1.82, 2.24) is 0 Å². The van der Waals surface area contributed by atoms with Crippen LogP contribution in [0.3, 0.4) is 0 Å². The molecule has 0 aliphatic carbocycles. The normalized spacial score (nSPS) is 19.9. The minimum atomic E-state index is -0.458. The van der Waals surface area contributed by atoms with Gasteiger partial charge in [0, 0.05) is 12.1 Å². The second-order valence-electron chi connectivity index (χ2n) is 6.20. The van der Waals surface area contributed by atoms with Gasteiger partial charge in [0.1, 0.15) is 23.2 Å². The first kappa shape index (κ1) is 16.6. The Morgan fingerprint density at radius 1 is 1.17 bits per heavy atom. The van der Waals surface area contributed by atoms with Gasteiger partial charge in [-0.25, -0.2) is 4.79 Å². The van der Waals surface area contributed by atoms with E-state index in [1.54, 1.807) is 6.07 Å². The van der Waals surface area contributed by atoms with Crippen molar-refractivity contribution in [3.8, 4) is 11.5 Å². The molecule has 0 fully saturated rings. The predicted octanol–water partition coefficient (Wildman–Crippen LogP) is 3.74. The smallest absolute Gasteiger partial charge is 0.336 e. The molecule has 0 saturated heterocycles. The van der Waals surface area contributed by atoms with Crippen LogP contribution in [0.1, 0.15) is 50.0 Å². The minimum absolute atomic E-state index is 0.0615. The molecule has 0 saturated carbocycles. The van der Waals surface area contributed by atoms with Gasteiger partial charge in [-0.15, -0.1) is 0 Å². The number of hydrogen-bond acceptors (Lipinski definition) is 5. The highest BCUT2D eigenvalue weighted by molar-refractivity contribution is 6.12. The van der Waals surface area contributed by atoms with Gasteiger partial charge in [-0.05, 0) is 25.8 Å². The molecule has 0 N–H and O–H groups in total. The van der Waals surface area contributed by atoms with Crippen molar-refractivity contribution in [2.75, 3.05) is 6.61 Å². The maximum absolute atomic E-state index is 12.8. The Bertz CT molecular complexity index is 849. The number of ether oxygens (including phenoxy) is 2. The maximum Gasteiger partial charge on any atom is 0.336 e. The van der Waals surface area contributed by atoms with Gasteiger partial charge in [-0.3, -0.25) is 4.79 Å². The lowest BCUT2D eigenvalue weighted by Gasteiger charge is -2.29. The molecule has 1 aliphatic rings. The molecule has 0 bridgehead atoms. The quantitative estimate of drug-likeness (QED) is 0.799. The summed E-state index contributed by atoms with van der Waals surface area (Å²) in [6, 6.07) is 3.24. The zero-order valence-corrected chi connectivity index (χ0v) is 14.5. The first-order valence-corrected chi connectivity index (χ1v) is 8.45. The number of carbonyl (C=O) groups excluding carboxylic acids is 1.